The van der Waals surface area contributed by atoms with Crippen LogP contribution in [0.4, 0.5) is 0 Å². The third-order valence-electron chi connectivity index (χ3n) is 3.60. The Morgan fingerprint density at radius 3 is 2.81 bits per heavy atom. The largest absolute Gasteiger partial charge is 0.376 e. The maximum Gasteiger partial charge on any atom is 0.229 e. The fourth-order valence-electron chi connectivity index (χ4n) is 2.50. The maximum atomic E-state index is 11.5. The molecule has 9 heteroatoms. The lowest BCUT2D eigenvalue weighted by atomic mass is 10.2. The number of rotatable bonds is 6. The minimum atomic E-state index is -0.0838. The first kappa shape index (κ1) is 14.5. The highest BCUT2D eigenvalue weighted by atomic mass is 32.2. The Balaban J connectivity index is 1.50. The molecule has 1 atom stereocenters. The number of likely N-dealkylation sites (tertiary alicyclic amines) is 1. The molecule has 0 bridgehead atoms. The molecule has 0 aliphatic carbocycles. The normalized spacial score (nSPS) is 22.5. The number of hydrogen-bond donors (Lipinski definition) is 0. The zero-order valence-electron chi connectivity index (χ0n) is 11.6. The lowest BCUT2D eigenvalue weighted by Gasteiger charge is -2.13. The van der Waals surface area contributed by atoms with Crippen molar-refractivity contribution in [1.29, 1.82) is 0 Å². The van der Waals surface area contributed by atoms with Crippen LogP contribution in [0.2, 0.25) is 0 Å². The summed E-state index contributed by atoms with van der Waals surface area (Å²) in [6, 6.07) is 0. The van der Waals surface area contributed by atoms with Crippen molar-refractivity contribution in [3.8, 4) is 0 Å². The van der Waals surface area contributed by atoms with E-state index in [1.54, 1.807) is 4.68 Å². The maximum absolute atomic E-state index is 11.5. The third-order valence-corrected chi connectivity index (χ3v) is 4.54. The summed E-state index contributed by atoms with van der Waals surface area (Å²) >= 11 is 1.45. The summed E-state index contributed by atoms with van der Waals surface area (Å²) in [6.07, 6.45) is 2.95. The molecule has 2 aliphatic rings. The van der Waals surface area contributed by atoms with E-state index in [0.29, 0.717) is 36.8 Å². The summed E-state index contributed by atoms with van der Waals surface area (Å²) in [7, 11) is 0. The first-order valence-corrected chi connectivity index (χ1v) is 8.06. The molecule has 2 saturated heterocycles. The van der Waals surface area contributed by atoms with Crippen molar-refractivity contribution in [3.05, 3.63) is 0 Å². The quantitative estimate of drug-likeness (QED) is 0.543. The second kappa shape index (κ2) is 6.52. The minimum absolute atomic E-state index is 0.0838. The third kappa shape index (κ3) is 3.41. The number of imide groups is 1. The van der Waals surface area contributed by atoms with Crippen LogP contribution in [0.5, 0.6) is 0 Å². The Morgan fingerprint density at radius 2 is 2.10 bits per heavy atom. The molecule has 21 heavy (non-hydrogen) atoms. The van der Waals surface area contributed by atoms with E-state index < -0.39 is 0 Å². The van der Waals surface area contributed by atoms with Gasteiger partial charge in [-0.3, -0.25) is 14.5 Å². The van der Waals surface area contributed by atoms with Crippen LogP contribution in [0.15, 0.2) is 5.16 Å². The molecule has 3 heterocycles. The van der Waals surface area contributed by atoms with Crippen molar-refractivity contribution >= 4 is 23.6 Å². The molecule has 0 spiro atoms. The van der Waals surface area contributed by atoms with Crippen LogP contribution in [-0.2, 0) is 20.9 Å². The fraction of sp³-hybridized carbons (Fsp3) is 0.750. The van der Waals surface area contributed by atoms with E-state index in [1.807, 2.05) is 0 Å². The van der Waals surface area contributed by atoms with Crippen molar-refractivity contribution in [3.63, 3.8) is 0 Å². The number of carbonyl (C=O) groups excluding carboxylic acids is 2. The SMILES string of the molecule is O=C1CCC(=O)N1CCSc1nnnn1CC1CCCO1. The van der Waals surface area contributed by atoms with E-state index in [2.05, 4.69) is 15.5 Å². The number of amides is 2. The Hall–Kier alpha value is -1.48. The van der Waals surface area contributed by atoms with Crippen LogP contribution >= 0.6 is 11.8 Å². The van der Waals surface area contributed by atoms with Gasteiger partial charge in [0.2, 0.25) is 17.0 Å². The number of tetrazole rings is 1. The first-order chi connectivity index (χ1) is 10.2. The monoisotopic (exact) mass is 311 g/mol. The standard InChI is InChI=1S/C12H17N5O3S/c18-10-3-4-11(19)16(10)5-7-21-12-13-14-15-17(12)8-9-2-1-6-20-9/h9H,1-8H2. The Bertz CT molecular complexity index is 513. The van der Waals surface area contributed by atoms with Gasteiger partial charge in [-0.25, -0.2) is 4.68 Å². The van der Waals surface area contributed by atoms with Gasteiger partial charge in [0, 0.05) is 31.7 Å². The van der Waals surface area contributed by atoms with Crippen LogP contribution in [0, 0.1) is 0 Å². The molecular weight excluding hydrogens is 294 g/mol. The van der Waals surface area contributed by atoms with Crippen LogP contribution in [0.3, 0.4) is 0 Å². The summed E-state index contributed by atoms with van der Waals surface area (Å²) in [4.78, 5) is 24.3. The molecular formula is C12H17N5O3S. The predicted molar refractivity (Wildman–Crippen MR) is 73.5 cm³/mol. The van der Waals surface area contributed by atoms with Gasteiger partial charge in [0.05, 0.1) is 12.6 Å². The molecule has 1 unspecified atom stereocenters. The minimum Gasteiger partial charge on any atom is -0.376 e. The number of carbonyl (C=O) groups is 2. The van der Waals surface area contributed by atoms with Crippen molar-refractivity contribution in [2.45, 2.75) is 43.5 Å². The van der Waals surface area contributed by atoms with E-state index >= 15 is 0 Å². The van der Waals surface area contributed by atoms with Gasteiger partial charge >= 0.3 is 0 Å². The molecule has 0 aromatic carbocycles. The molecule has 1 aromatic rings. The second-order valence-corrected chi connectivity index (χ2v) is 6.13. The van der Waals surface area contributed by atoms with Crippen molar-refractivity contribution in [2.75, 3.05) is 18.9 Å². The van der Waals surface area contributed by atoms with E-state index in [1.165, 1.54) is 16.7 Å². The van der Waals surface area contributed by atoms with Crippen molar-refractivity contribution in [1.82, 2.24) is 25.1 Å². The highest BCUT2D eigenvalue weighted by Gasteiger charge is 2.28. The molecule has 2 amide bonds. The van der Waals surface area contributed by atoms with E-state index in [4.69, 9.17) is 4.74 Å². The second-order valence-electron chi connectivity index (χ2n) is 5.07. The number of nitrogens with zero attached hydrogens (tertiary/aromatic N) is 5. The number of aromatic nitrogens is 4. The summed E-state index contributed by atoms with van der Waals surface area (Å²) in [5.74, 6) is 0.433. The van der Waals surface area contributed by atoms with Gasteiger partial charge < -0.3 is 4.74 Å². The Labute approximate surface area is 126 Å². The lowest BCUT2D eigenvalue weighted by Crippen LogP contribution is -2.31. The van der Waals surface area contributed by atoms with Crippen LogP contribution < -0.4 is 0 Å². The van der Waals surface area contributed by atoms with Gasteiger partial charge in [0.25, 0.3) is 0 Å². The molecule has 0 N–H and O–H groups in total. The molecule has 2 aliphatic heterocycles. The van der Waals surface area contributed by atoms with Gasteiger partial charge in [-0.15, -0.1) is 5.10 Å². The smallest absolute Gasteiger partial charge is 0.229 e. The van der Waals surface area contributed by atoms with Gasteiger partial charge in [-0.05, 0) is 23.3 Å². The van der Waals surface area contributed by atoms with Crippen LogP contribution in [0.1, 0.15) is 25.7 Å². The van der Waals surface area contributed by atoms with E-state index in [9.17, 15) is 9.59 Å². The summed E-state index contributed by atoms with van der Waals surface area (Å²) in [5, 5.41) is 12.3. The van der Waals surface area contributed by atoms with Crippen LogP contribution in [0.25, 0.3) is 0 Å². The topological polar surface area (TPSA) is 90.2 Å². The Kier molecular flexibility index (Phi) is 4.49. The molecule has 0 radical (unpaired) electrons. The van der Waals surface area contributed by atoms with Gasteiger partial charge in [0.15, 0.2) is 0 Å². The van der Waals surface area contributed by atoms with Crippen LogP contribution in [-0.4, -0.2) is 61.9 Å². The average molecular weight is 311 g/mol. The highest BCUT2D eigenvalue weighted by molar-refractivity contribution is 7.99. The lowest BCUT2D eigenvalue weighted by molar-refractivity contribution is -0.137. The number of hydrogen-bond acceptors (Lipinski definition) is 7. The van der Waals surface area contributed by atoms with Crippen molar-refractivity contribution < 1.29 is 14.3 Å². The van der Waals surface area contributed by atoms with Gasteiger partial charge in [-0.1, -0.05) is 11.8 Å². The van der Waals surface area contributed by atoms with Gasteiger partial charge in [-0.2, -0.15) is 0 Å². The molecule has 0 saturated carbocycles. The van der Waals surface area contributed by atoms with Gasteiger partial charge in [0.1, 0.15) is 0 Å². The highest BCUT2D eigenvalue weighted by Crippen LogP contribution is 2.19. The molecule has 2 fully saturated rings. The number of thioether (sulfide) groups is 1. The summed E-state index contributed by atoms with van der Waals surface area (Å²) < 4.78 is 7.30. The predicted octanol–water partition coefficient (Wildman–Crippen LogP) is 0.0932. The summed E-state index contributed by atoms with van der Waals surface area (Å²) in [6.45, 7) is 1.86. The molecule has 3 rings (SSSR count). The number of ether oxygens (including phenoxy) is 1. The van der Waals surface area contributed by atoms with E-state index in [-0.39, 0.29) is 17.9 Å². The zero-order chi connectivity index (χ0) is 14.7. The zero-order valence-corrected chi connectivity index (χ0v) is 12.4. The Morgan fingerprint density at radius 1 is 1.29 bits per heavy atom. The molecule has 1 aromatic heterocycles. The first-order valence-electron chi connectivity index (χ1n) is 7.08. The van der Waals surface area contributed by atoms with Crippen molar-refractivity contribution in [2.24, 2.45) is 0 Å². The molecule has 8 nitrogen and oxygen atoms in total. The molecule has 114 valence electrons. The fourth-order valence-corrected chi connectivity index (χ4v) is 3.31. The summed E-state index contributed by atoms with van der Waals surface area (Å²) in [5.41, 5.74) is 0. The van der Waals surface area contributed by atoms with E-state index in [0.717, 1.165) is 19.4 Å². The average Bonchev–Trinajstić information content (AvgIpc) is 3.18.